The van der Waals surface area contributed by atoms with E-state index >= 15 is 0 Å². The zero-order valence-electron chi connectivity index (χ0n) is 7.97. The van der Waals surface area contributed by atoms with E-state index in [1.807, 2.05) is 0 Å². The topological polar surface area (TPSA) is 132 Å². The van der Waals surface area contributed by atoms with Crippen molar-refractivity contribution in [3.8, 4) is 0 Å². The minimum atomic E-state index is -1.60. The molecule has 0 spiro atoms. The van der Waals surface area contributed by atoms with Gasteiger partial charge >= 0.3 is 5.97 Å². The molecule has 16 heavy (non-hydrogen) atoms. The van der Waals surface area contributed by atoms with Gasteiger partial charge in [0.05, 0.1) is 6.33 Å². The molecule has 0 aromatic carbocycles. The second-order valence-electron chi connectivity index (χ2n) is 3.17. The van der Waals surface area contributed by atoms with E-state index in [4.69, 9.17) is 10.2 Å². The average Bonchev–Trinajstić information content (AvgIpc) is 2.65. The van der Waals surface area contributed by atoms with Crippen LogP contribution in [0.3, 0.4) is 0 Å². The molecular formula is C8H8N4O4. The van der Waals surface area contributed by atoms with E-state index in [1.54, 1.807) is 0 Å². The summed E-state index contributed by atoms with van der Waals surface area (Å²) < 4.78 is 0. The molecule has 2 heterocycles. The maximum absolute atomic E-state index is 11.4. The molecular weight excluding hydrogens is 216 g/mol. The van der Waals surface area contributed by atoms with Crippen LogP contribution in [-0.4, -0.2) is 42.2 Å². The first-order valence-electron chi connectivity index (χ1n) is 4.41. The monoisotopic (exact) mass is 224 g/mol. The highest BCUT2D eigenvalue weighted by molar-refractivity contribution is 5.72. The molecule has 0 saturated carbocycles. The van der Waals surface area contributed by atoms with Gasteiger partial charge in [-0.25, -0.2) is 14.8 Å². The van der Waals surface area contributed by atoms with Crippen molar-refractivity contribution in [2.24, 2.45) is 0 Å². The van der Waals surface area contributed by atoms with Crippen molar-refractivity contribution < 1.29 is 15.0 Å². The number of rotatable bonds is 3. The summed E-state index contributed by atoms with van der Waals surface area (Å²) in [5.74, 6) is -1.29. The summed E-state index contributed by atoms with van der Waals surface area (Å²) in [5.41, 5.74) is -0.0417. The number of H-pyrrole nitrogens is 2. The first kappa shape index (κ1) is 10.3. The molecule has 0 fully saturated rings. The minimum absolute atomic E-state index is 0.0829. The van der Waals surface area contributed by atoms with Gasteiger partial charge in [0.25, 0.3) is 5.56 Å². The van der Waals surface area contributed by atoms with Crippen molar-refractivity contribution in [2.45, 2.75) is 12.5 Å². The number of carbonyl (C=O) groups is 1. The second-order valence-corrected chi connectivity index (χ2v) is 3.17. The van der Waals surface area contributed by atoms with Crippen molar-refractivity contribution >= 4 is 17.1 Å². The van der Waals surface area contributed by atoms with Crippen molar-refractivity contribution in [1.29, 1.82) is 0 Å². The Hall–Kier alpha value is -2.22. The summed E-state index contributed by atoms with van der Waals surface area (Å²) in [7, 11) is 0. The fraction of sp³-hybridized carbons (Fsp3) is 0.250. The van der Waals surface area contributed by atoms with Crippen molar-refractivity contribution in [3.63, 3.8) is 0 Å². The van der Waals surface area contributed by atoms with Crippen molar-refractivity contribution in [2.75, 3.05) is 0 Å². The maximum Gasteiger partial charge on any atom is 0.332 e. The summed E-state index contributed by atoms with van der Waals surface area (Å²) in [6.45, 7) is 0. The number of aromatic amines is 2. The third-order valence-corrected chi connectivity index (χ3v) is 2.02. The highest BCUT2D eigenvalue weighted by Crippen LogP contribution is 2.01. The number of nitrogens with one attached hydrogen (secondary N) is 2. The van der Waals surface area contributed by atoms with Crippen LogP contribution in [0.25, 0.3) is 11.2 Å². The zero-order chi connectivity index (χ0) is 11.7. The number of carboxylic acid groups (broad SMARTS) is 1. The number of aliphatic hydroxyl groups is 1. The molecule has 8 heteroatoms. The van der Waals surface area contributed by atoms with Crippen LogP contribution in [0.5, 0.6) is 0 Å². The molecule has 0 bridgehead atoms. The Balaban J connectivity index is 2.39. The second kappa shape index (κ2) is 3.74. The molecule has 0 saturated heterocycles. The van der Waals surface area contributed by atoms with Crippen LogP contribution in [0.2, 0.25) is 0 Å². The molecule has 2 rings (SSSR count). The SMILES string of the molecule is O=C(O)C(O)Cc1nc2nc[nH]c2c(=O)[nH]1. The molecule has 84 valence electrons. The molecule has 1 unspecified atom stereocenters. The van der Waals surface area contributed by atoms with Gasteiger partial charge in [-0.1, -0.05) is 0 Å². The van der Waals surface area contributed by atoms with E-state index in [0.717, 1.165) is 0 Å². The minimum Gasteiger partial charge on any atom is -0.479 e. The molecule has 1 atom stereocenters. The predicted octanol–water partition coefficient (Wildman–Crippen LogP) is -1.37. The Morgan fingerprint density at radius 3 is 3.00 bits per heavy atom. The van der Waals surface area contributed by atoms with Gasteiger partial charge in [0.15, 0.2) is 17.3 Å². The van der Waals surface area contributed by atoms with Gasteiger partial charge in [0, 0.05) is 6.42 Å². The van der Waals surface area contributed by atoms with E-state index < -0.39 is 17.6 Å². The van der Waals surface area contributed by atoms with Crippen LogP contribution in [-0.2, 0) is 11.2 Å². The third kappa shape index (κ3) is 1.77. The molecule has 8 nitrogen and oxygen atoms in total. The van der Waals surface area contributed by atoms with E-state index in [9.17, 15) is 9.59 Å². The van der Waals surface area contributed by atoms with Gasteiger partial charge in [-0.05, 0) is 0 Å². The number of nitrogens with zero attached hydrogens (tertiary/aromatic N) is 2. The van der Waals surface area contributed by atoms with Gasteiger partial charge in [-0.2, -0.15) is 0 Å². The van der Waals surface area contributed by atoms with Crippen LogP contribution in [0, 0.1) is 0 Å². The molecule has 0 aliphatic carbocycles. The summed E-state index contributed by atoms with van der Waals surface area (Å²) in [4.78, 5) is 34.5. The maximum atomic E-state index is 11.4. The fourth-order valence-electron chi connectivity index (χ4n) is 1.26. The van der Waals surface area contributed by atoms with E-state index in [2.05, 4.69) is 19.9 Å². The van der Waals surface area contributed by atoms with Gasteiger partial charge < -0.3 is 20.2 Å². The van der Waals surface area contributed by atoms with Gasteiger partial charge in [-0.3, -0.25) is 4.79 Å². The number of hydrogen-bond donors (Lipinski definition) is 4. The Morgan fingerprint density at radius 1 is 1.56 bits per heavy atom. The number of imidazole rings is 1. The molecule has 0 aliphatic heterocycles. The van der Waals surface area contributed by atoms with Gasteiger partial charge in [-0.15, -0.1) is 0 Å². The lowest BCUT2D eigenvalue weighted by molar-refractivity contribution is -0.146. The number of aromatic nitrogens is 4. The number of aliphatic carboxylic acids is 1. The Bertz CT molecular complexity index is 587. The standard InChI is InChI=1S/C8H8N4O4/c13-3(8(15)16)1-4-11-6-5(7(14)12-4)9-2-10-6/h2-3,13H,1H2,(H,15,16)(H2,9,10,11,12,14). The van der Waals surface area contributed by atoms with Crippen LogP contribution in [0.1, 0.15) is 5.82 Å². The van der Waals surface area contributed by atoms with E-state index in [-0.39, 0.29) is 23.4 Å². The van der Waals surface area contributed by atoms with Crippen molar-refractivity contribution in [3.05, 3.63) is 22.5 Å². The quantitative estimate of drug-likeness (QED) is 0.508. The van der Waals surface area contributed by atoms with Crippen LogP contribution in [0.15, 0.2) is 11.1 Å². The first-order chi connectivity index (χ1) is 7.58. The number of fused-ring (bicyclic) bond motifs is 1. The molecule has 0 radical (unpaired) electrons. The van der Waals surface area contributed by atoms with E-state index in [1.165, 1.54) is 6.33 Å². The Labute approximate surface area is 88.0 Å². The lowest BCUT2D eigenvalue weighted by atomic mass is 10.2. The third-order valence-electron chi connectivity index (χ3n) is 2.02. The van der Waals surface area contributed by atoms with Crippen LogP contribution < -0.4 is 5.56 Å². The molecule has 4 N–H and O–H groups in total. The predicted molar refractivity (Wildman–Crippen MR) is 51.9 cm³/mol. The number of hydrogen-bond acceptors (Lipinski definition) is 5. The lowest BCUT2D eigenvalue weighted by Crippen LogP contribution is -2.25. The summed E-state index contributed by atoms with van der Waals surface area (Å²) in [5, 5.41) is 17.6. The molecule has 0 amide bonds. The first-order valence-corrected chi connectivity index (χ1v) is 4.41. The average molecular weight is 224 g/mol. The van der Waals surface area contributed by atoms with Crippen LogP contribution >= 0.6 is 0 Å². The number of aliphatic hydroxyl groups excluding tert-OH is 1. The number of carboxylic acids is 1. The summed E-state index contributed by atoms with van der Waals surface area (Å²) in [6.07, 6.45) is -0.558. The Kier molecular flexibility index (Phi) is 2.41. The molecule has 2 aromatic heterocycles. The molecule has 2 aromatic rings. The lowest BCUT2D eigenvalue weighted by Gasteiger charge is -2.03. The van der Waals surface area contributed by atoms with Crippen LogP contribution in [0.4, 0.5) is 0 Å². The fourth-order valence-corrected chi connectivity index (χ4v) is 1.26. The van der Waals surface area contributed by atoms with Crippen molar-refractivity contribution in [1.82, 2.24) is 19.9 Å². The van der Waals surface area contributed by atoms with Gasteiger partial charge in [0.2, 0.25) is 0 Å². The zero-order valence-corrected chi connectivity index (χ0v) is 7.97. The largest absolute Gasteiger partial charge is 0.479 e. The molecule has 0 aliphatic rings. The highest BCUT2D eigenvalue weighted by Gasteiger charge is 2.16. The van der Waals surface area contributed by atoms with E-state index in [0.29, 0.717) is 0 Å². The summed E-state index contributed by atoms with van der Waals surface area (Å²) >= 11 is 0. The normalized spacial score (nSPS) is 12.8. The summed E-state index contributed by atoms with van der Waals surface area (Å²) in [6, 6.07) is 0. The Morgan fingerprint density at radius 2 is 2.31 bits per heavy atom. The highest BCUT2D eigenvalue weighted by atomic mass is 16.4. The smallest absolute Gasteiger partial charge is 0.332 e. The van der Waals surface area contributed by atoms with Gasteiger partial charge in [0.1, 0.15) is 5.82 Å².